The highest BCUT2D eigenvalue weighted by Crippen LogP contribution is 2.37. The van der Waals surface area contributed by atoms with Gasteiger partial charge < -0.3 is 5.32 Å². The average Bonchev–Trinajstić information content (AvgIpc) is 3.19. The molecule has 1 atom stereocenters. The Balaban J connectivity index is 2.04. The predicted octanol–water partition coefficient (Wildman–Crippen LogP) is 4.57. The van der Waals surface area contributed by atoms with Crippen molar-refractivity contribution in [2.45, 2.75) is 37.1 Å². The maximum atomic E-state index is 3.78. The molecule has 1 aromatic rings. The Morgan fingerprint density at radius 1 is 1.47 bits per heavy atom. The zero-order chi connectivity index (χ0) is 12.1. The predicted molar refractivity (Wildman–Crippen MR) is 77.8 cm³/mol. The molecule has 0 aliphatic heterocycles. The topological polar surface area (TPSA) is 12.0 Å². The third-order valence-corrected chi connectivity index (χ3v) is 4.28. The van der Waals surface area contributed by atoms with Crippen molar-refractivity contribution in [2.75, 3.05) is 11.1 Å². The van der Waals surface area contributed by atoms with Crippen LogP contribution in [-0.2, 0) is 0 Å². The first-order chi connectivity index (χ1) is 8.35. The molecule has 17 heavy (non-hydrogen) atoms. The molecule has 92 valence electrons. The highest BCUT2D eigenvalue weighted by Gasteiger charge is 2.30. The Morgan fingerprint density at radius 2 is 2.24 bits per heavy atom. The van der Waals surface area contributed by atoms with E-state index in [0.717, 1.165) is 11.7 Å². The molecule has 1 aliphatic rings. The van der Waals surface area contributed by atoms with Gasteiger partial charge in [0.05, 0.1) is 0 Å². The number of thioether (sulfide) groups is 1. The van der Waals surface area contributed by atoms with Gasteiger partial charge in [-0.15, -0.1) is 18.3 Å². The highest BCUT2D eigenvalue weighted by atomic mass is 32.2. The van der Waals surface area contributed by atoms with Gasteiger partial charge in [0.15, 0.2) is 0 Å². The van der Waals surface area contributed by atoms with Crippen LogP contribution in [0.2, 0.25) is 0 Å². The molecular weight excluding hydrogens is 226 g/mol. The second-order valence-electron chi connectivity index (χ2n) is 4.59. The fourth-order valence-corrected chi connectivity index (χ4v) is 2.87. The minimum Gasteiger partial charge on any atom is -0.381 e. The second-order valence-corrected chi connectivity index (χ2v) is 5.65. The first-order valence-corrected chi connectivity index (χ1v) is 7.43. The standard InChI is InChI=1S/C15H21NS/c1-3-11-17-15-8-6-5-7-14(15)16-13(4-2)12-9-10-12/h3,5-8,12-13,16H,1,4,9-11H2,2H3. The fourth-order valence-electron chi connectivity index (χ4n) is 2.11. The van der Waals surface area contributed by atoms with Crippen LogP contribution in [0.3, 0.4) is 0 Å². The maximum absolute atomic E-state index is 3.78. The summed E-state index contributed by atoms with van der Waals surface area (Å²) in [5.74, 6) is 1.87. The van der Waals surface area contributed by atoms with E-state index in [2.05, 4.69) is 43.1 Å². The van der Waals surface area contributed by atoms with Gasteiger partial charge in [-0.3, -0.25) is 0 Å². The van der Waals surface area contributed by atoms with Crippen molar-refractivity contribution < 1.29 is 0 Å². The molecule has 1 saturated carbocycles. The van der Waals surface area contributed by atoms with E-state index in [1.165, 1.54) is 29.8 Å². The molecule has 1 aliphatic carbocycles. The van der Waals surface area contributed by atoms with E-state index in [-0.39, 0.29) is 0 Å². The number of rotatable bonds is 7. The summed E-state index contributed by atoms with van der Waals surface area (Å²) >= 11 is 1.85. The number of benzene rings is 1. The monoisotopic (exact) mass is 247 g/mol. The third-order valence-electron chi connectivity index (χ3n) is 3.22. The van der Waals surface area contributed by atoms with E-state index in [1.807, 2.05) is 17.8 Å². The SMILES string of the molecule is C=CCSc1ccccc1NC(CC)C1CC1. The van der Waals surface area contributed by atoms with Crippen LogP contribution < -0.4 is 5.32 Å². The number of para-hydroxylation sites is 1. The zero-order valence-electron chi connectivity index (χ0n) is 10.5. The maximum Gasteiger partial charge on any atom is 0.0480 e. The molecule has 2 heteroatoms. The molecule has 0 saturated heterocycles. The van der Waals surface area contributed by atoms with Crippen LogP contribution in [0, 0.1) is 5.92 Å². The summed E-state index contributed by atoms with van der Waals surface area (Å²) in [6.07, 6.45) is 5.96. The molecular formula is C15H21NS. The minimum atomic E-state index is 0.653. The quantitative estimate of drug-likeness (QED) is 0.560. The molecule has 0 spiro atoms. The number of hydrogen-bond donors (Lipinski definition) is 1. The average molecular weight is 247 g/mol. The van der Waals surface area contributed by atoms with Crippen LogP contribution in [0.5, 0.6) is 0 Å². The van der Waals surface area contributed by atoms with Gasteiger partial charge in [-0.25, -0.2) is 0 Å². The Kier molecular flexibility index (Phi) is 4.55. The zero-order valence-corrected chi connectivity index (χ0v) is 11.3. The van der Waals surface area contributed by atoms with Crippen LogP contribution in [0.25, 0.3) is 0 Å². The second kappa shape index (κ2) is 6.15. The van der Waals surface area contributed by atoms with Crippen LogP contribution in [0.4, 0.5) is 5.69 Å². The number of hydrogen-bond acceptors (Lipinski definition) is 2. The van der Waals surface area contributed by atoms with Gasteiger partial charge in [-0.1, -0.05) is 25.1 Å². The molecule has 0 aromatic heterocycles. The lowest BCUT2D eigenvalue weighted by atomic mass is 10.1. The molecule has 0 radical (unpaired) electrons. The van der Waals surface area contributed by atoms with Crippen molar-refractivity contribution in [3.63, 3.8) is 0 Å². The molecule has 1 N–H and O–H groups in total. The van der Waals surface area contributed by atoms with Crippen molar-refractivity contribution in [2.24, 2.45) is 5.92 Å². The van der Waals surface area contributed by atoms with E-state index >= 15 is 0 Å². The number of nitrogens with one attached hydrogen (secondary N) is 1. The summed E-state index contributed by atoms with van der Waals surface area (Å²) in [5.41, 5.74) is 1.29. The Morgan fingerprint density at radius 3 is 2.88 bits per heavy atom. The molecule has 2 rings (SSSR count). The van der Waals surface area contributed by atoms with Crippen molar-refractivity contribution in [1.82, 2.24) is 0 Å². The largest absolute Gasteiger partial charge is 0.381 e. The normalized spacial score (nSPS) is 16.5. The van der Waals surface area contributed by atoms with Gasteiger partial charge in [0, 0.05) is 22.4 Å². The summed E-state index contributed by atoms with van der Waals surface area (Å²) in [4.78, 5) is 1.34. The van der Waals surface area contributed by atoms with E-state index in [1.54, 1.807) is 0 Å². The van der Waals surface area contributed by atoms with Gasteiger partial charge in [0.1, 0.15) is 0 Å². The summed E-state index contributed by atoms with van der Waals surface area (Å²) in [5, 5.41) is 3.71. The lowest BCUT2D eigenvalue weighted by molar-refractivity contribution is 0.615. The number of anilines is 1. The molecule has 0 amide bonds. The third kappa shape index (κ3) is 3.53. The van der Waals surface area contributed by atoms with Crippen LogP contribution in [-0.4, -0.2) is 11.8 Å². The summed E-state index contributed by atoms with van der Waals surface area (Å²) < 4.78 is 0. The van der Waals surface area contributed by atoms with Crippen LogP contribution in [0.15, 0.2) is 41.8 Å². The van der Waals surface area contributed by atoms with E-state index in [4.69, 9.17) is 0 Å². The fraction of sp³-hybridized carbons (Fsp3) is 0.467. The van der Waals surface area contributed by atoms with Gasteiger partial charge >= 0.3 is 0 Å². The van der Waals surface area contributed by atoms with Gasteiger partial charge in [-0.05, 0) is 37.3 Å². The van der Waals surface area contributed by atoms with Gasteiger partial charge in [0.25, 0.3) is 0 Å². The first kappa shape index (κ1) is 12.6. The van der Waals surface area contributed by atoms with Crippen molar-refractivity contribution in [3.8, 4) is 0 Å². The highest BCUT2D eigenvalue weighted by molar-refractivity contribution is 7.99. The van der Waals surface area contributed by atoms with E-state index in [9.17, 15) is 0 Å². The molecule has 1 aromatic carbocycles. The first-order valence-electron chi connectivity index (χ1n) is 6.44. The van der Waals surface area contributed by atoms with Crippen molar-refractivity contribution in [3.05, 3.63) is 36.9 Å². The van der Waals surface area contributed by atoms with Gasteiger partial charge in [-0.2, -0.15) is 0 Å². The van der Waals surface area contributed by atoms with E-state index in [0.29, 0.717) is 6.04 Å². The summed E-state index contributed by atoms with van der Waals surface area (Å²) in [6.45, 7) is 6.05. The van der Waals surface area contributed by atoms with E-state index < -0.39 is 0 Å². The molecule has 1 unspecified atom stereocenters. The van der Waals surface area contributed by atoms with Crippen molar-refractivity contribution in [1.29, 1.82) is 0 Å². The van der Waals surface area contributed by atoms with Crippen LogP contribution in [0.1, 0.15) is 26.2 Å². The summed E-state index contributed by atoms with van der Waals surface area (Å²) in [7, 11) is 0. The molecule has 1 fully saturated rings. The molecule has 0 bridgehead atoms. The Hall–Kier alpha value is -0.890. The smallest absolute Gasteiger partial charge is 0.0480 e. The summed E-state index contributed by atoms with van der Waals surface area (Å²) in [6, 6.07) is 9.25. The minimum absolute atomic E-state index is 0.653. The molecule has 0 heterocycles. The lowest BCUT2D eigenvalue weighted by Gasteiger charge is -2.19. The molecule has 1 nitrogen and oxygen atoms in total. The Bertz CT molecular complexity index is 371. The van der Waals surface area contributed by atoms with Gasteiger partial charge in [0.2, 0.25) is 0 Å². The van der Waals surface area contributed by atoms with Crippen molar-refractivity contribution >= 4 is 17.4 Å². The Labute approximate surface area is 109 Å². The van der Waals surface area contributed by atoms with Crippen LogP contribution >= 0.6 is 11.8 Å². The lowest BCUT2D eigenvalue weighted by Crippen LogP contribution is -2.20.